The molecule has 9 nitrogen and oxygen atoms in total. The lowest BCUT2D eigenvalue weighted by Gasteiger charge is -2.44. The third kappa shape index (κ3) is 1.65. The van der Waals surface area contributed by atoms with Crippen molar-refractivity contribution in [1.29, 1.82) is 0 Å². The Hall–Kier alpha value is -0.930. The van der Waals surface area contributed by atoms with Crippen LogP contribution >= 0.6 is 0 Å². The number of azide groups is 1. The van der Waals surface area contributed by atoms with Crippen LogP contribution in [0.15, 0.2) is 5.11 Å². The molecule has 0 amide bonds. The third-order valence-electron chi connectivity index (χ3n) is 4.88. The first-order valence-electron chi connectivity index (χ1n) is 7.04. The van der Waals surface area contributed by atoms with Gasteiger partial charge in [0.25, 0.3) is 0 Å². The van der Waals surface area contributed by atoms with Crippen LogP contribution in [0.25, 0.3) is 10.4 Å². The summed E-state index contributed by atoms with van der Waals surface area (Å²) in [5.74, 6) is 0. The lowest BCUT2D eigenvalue weighted by Crippen LogP contribution is -2.67. The lowest BCUT2D eigenvalue weighted by atomic mass is 9.72. The number of hydrogen-bond acceptors (Lipinski definition) is 7. The Balaban J connectivity index is 2.10. The zero-order valence-electron chi connectivity index (χ0n) is 11.5. The molecular formula is C12H19N3O6. The summed E-state index contributed by atoms with van der Waals surface area (Å²) in [4.78, 5) is 2.75. The number of hydrogen-bond donors (Lipinski definition) is 3. The van der Waals surface area contributed by atoms with Gasteiger partial charge in [0.1, 0.15) is 6.10 Å². The Morgan fingerprint density at radius 2 is 2.14 bits per heavy atom. The van der Waals surface area contributed by atoms with Gasteiger partial charge in [-0.1, -0.05) is 5.11 Å². The van der Waals surface area contributed by atoms with Crippen LogP contribution in [0.4, 0.5) is 0 Å². The maximum Gasteiger partial charge on any atom is 0.204 e. The summed E-state index contributed by atoms with van der Waals surface area (Å²) in [5, 5.41) is 34.3. The number of rotatable bonds is 4. The molecule has 2 bridgehead atoms. The fourth-order valence-electron chi connectivity index (χ4n) is 3.82. The van der Waals surface area contributed by atoms with E-state index in [0.29, 0.717) is 13.0 Å². The van der Waals surface area contributed by atoms with Gasteiger partial charge in [-0.3, -0.25) is 0 Å². The number of fused-ring (bicyclic) bond motifs is 2. The predicted molar refractivity (Wildman–Crippen MR) is 68.1 cm³/mol. The van der Waals surface area contributed by atoms with Crippen LogP contribution in [0.5, 0.6) is 0 Å². The maximum absolute atomic E-state index is 11.3. The third-order valence-corrected chi connectivity index (χ3v) is 4.88. The smallest absolute Gasteiger partial charge is 0.204 e. The standard InChI is InChI=1S/C12H19N3O6/c13-15-14-11-7-20-10(6-17,9(5-16)21-11)12(11,18)8-3-1-2-4-19-8/h8-9,16-18H,1-7H2/t8?,9-,10-,11-,12-/m0/s1. The fraction of sp³-hybridized carbons (Fsp3) is 1.00. The maximum atomic E-state index is 11.3. The van der Waals surface area contributed by atoms with Gasteiger partial charge in [-0.25, -0.2) is 0 Å². The molecule has 0 aliphatic carbocycles. The molecule has 118 valence electrons. The molecule has 21 heavy (non-hydrogen) atoms. The minimum atomic E-state index is -1.84. The summed E-state index contributed by atoms with van der Waals surface area (Å²) in [6, 6.07) is 0. The van der Waals surface area contributed by atoms with E-state index in [2.05, 4.69) is 10.0 Å². The molecule has 3 aliphatic heterocycles. The highest BCUT2D eigenvalue weighted by Crippen LogP contribution is 2.58. The number of ether oxygens (including phenoxy) is 3. The van der Waals surface area contributed by atoms with Gasteiger partial charge in [0.2, 0.25) is 5.72 Å². The molecule has 3 rings (SSSR count). The van der Waals surface area contributed by atoms with Crippen LogP contribution in [0, 0.1) is 0 Å². The largest absolute Gasteiger partial charge is 0.394 e. The summed E-state index contributed by atoms with van der Waals surface area (Å²) in [7, 11) is 0. The zero-order chi connectivity index (χ0) is 15.1. The lowest BCUT2D eigenvalue weighted by molar-refractivity contribution is -0.213. The van der Waals surface area contributed by atoms with E-state index in [1.165, 1.54) is 0 Å². The number of aliphatic hydroxyl groups excluding tert-OH is 2. The summed E-state index contributed by atoms with van der Waals surface area (Å²) < 4.78 is 16.9. The summed E-state index contributed by atoms with van der Waals surface area (Å²) in [6.07, 6.45) is 0.565. The second-order valence-electron chi connectivity index (χ2n) is 5.72. The molecule has 3 fully saturated rings. The van der Waals surface area contributed by atoms with Gasteiger partial charge >= 0.3 is 0 Å². The summed E-state index contributed by atoms with van der Waals surface area (Å²) >= 11 is 0. The van der Waals surface area contributed by atoms with Crippen LogP contribution in [-0.4, -0.2) is 70.9 Å². The normalized spacial score (nSPS) is 49.1. The highest BCUT2D eigenvalue weighted by Gasteiger charge is 2.81. The van der Waals surface area contributed by atoms with Crippen molar-refractivity contribution in [2.45, 2.75) is 48.4 Å². The van der Waals surface area contributed by atoms with Crippen LogP contribution in [-0.2, 0) is 14.2 Å². The SMILES string of the molecule is [N-]=[N+]=N[C@@]12CO[C@@](CO)([C@H](CO)O1)[C@@]2(O)C1CCCCO1. The molecule has 0 aromatic rings. The Bertz CT molecular complexity index is 466. The molecule has 3 heterocycles. The zero-order valence-corrected chi connectivity index (χ0v) is 11.5. The molecule has 3 N–H and O–H groups in total. The van der Waals surface area contributed by atoms with Crippen LogP contribution < -0.4 is 0 Å². The van der Waals surface area contributed by atoms with Crippen molar-refractivity contribution >= 4 is 0 Å². The second-order valence-corrected chi connectivity index (χ2v) is 5.72. The van der Waals surface area contributed by atoms with Crippen molar-refractivity contribution in [2.24, 2.45) is 5.11 Å². The van der Waals surface area contributed by atoms with Crippen LogP contribution in [0.2, 0.25) is 0 Å². The number of nitrogens with zero attached hydrogens (tertiary/aromatic N) is 3. The Labute approximate surface area is 121 Å². The molecule has 0 aromatic heterocycles. The minimum Gasteiger partial charge on any atom is -0.394 e. The highest BCUT2D eigenvalue weighted by molar-refractivity contribution is 5.28. The Morgan fingerprint density at radius 3 is 2.71 bits per heavy atom. The van der Waals surface area contributed by atoms with Gasteiger partial charge in [-0.05, 0) is 24.8 Å². The molecule has 0 radical (unpaired) electrons. The van der Waals surface area contributed by atoms with Crippen LogP contribution in [0.1, 0.15) is 19.3 Å². The first kappa shape index (κ1) is 15.0. The Morgan fingerprint density at radius 1 is 1.33 bits per heavy atom. The molecule has 1 unspecified atom stereocenters. The van der Waals surface area contributed by atoms with Gasteiger partial charge in [-0.2, -0.15) is 0 Å². The Kier molecular flexibility index (Phi) is 3.61. The van der Waals surface area contributed by atoms with E-state index >= 15 is 0 Å². The van der Waals surface area contributed by atoms with E-state index in [1.807, 2.05) is 0 Å². The molecule has 0 saturated carbocycles. The van der Waals surface area contributed by atoms with E-state index in [9.17, 15) is 15.3 Å². The van der Waals surface area contributed by atoms with E-state index < -0.39 is 42.3 Å². The summed E-state index contributed by atoms with van der Waals surface area (Å²) in [6.45, 7) is -0.773. The second kappa shape index (κ2) is 5.06. The topological polar surface area (TPSA) is 137 Å². The van der Waals surface area contributed by atoms with E-state index in [0.717, 1.165) is 12.8 Å². The average molecular weight is 301 g/mol. The quantitative estimate of drug-likeness (QED) is 0.362. The molecule has 9 heteroatoms. The van der Waals surface area contributed by atoms with Crippen molar-refractivity contribution in [3.05, 3.63) is 10.4 Å². The predicted octanol–water partition coefficient (Wildman–Crippen LogP) is -0.554. The van der Waals surface area contributed by atoms with Gasteiger partial charge in [0.05, 0.1) is 25.9 Å². The van der Waals surface area contributed by atoms with Crippen molar-refractivity contribution in [3.63, 3.8) is 0 Å². The summed E-state index contributed by atoms with van der Waals surface area (Å²) in [5.41, 5.74) is 3.74. The molecule has 0 spiro atoms. The van der Waals surface area contributed by atoms with Gasteiger partial charge in [0.15, 0.2) is 11.2 Å². The van der Waals surface area contributed by atoms with E-state index in [-0.39, 0.29) is 6.61 Å². The minimum absolute atomic E-state index is 0.190. The van der Waals surface area contributed by atoms with Crippen molar-refractivity contribution in [1.82, 2.24) is 0 Å². The molecule has 5 atom stereocenters. The first-order chi connectivity index (χ1) is 10.1. The van der Waals surface area contributed by atoms with Crippen LogP contribution in [0.3, 0.4) is 0 Å². The molecule has 3 saturated heterocycles. The van der Waals surface area contributed by atoms with Gasteiger partial charge in [-0.15, -0.1) is 0 Å². The van der Waals surface area contributed by atoms with Crippen molar-refractivity contribution < 1.29 is 29.5 Å². The average Bonchev–Trinajstić information content (AvgIpc) is 2.90. The van der Waals surface area contributed by atoms with E-state index in [4.69, 9.17) is 19.7 Å². The fourth-order valence-corrected chi connectivity index (χ4v) is 3.82. The van der Waals surface area contributed by atoms with Crippen molar-refractivity contribution in [2.75, 3.05) is 26.4 Å². The highest BCUT2D eigenvalue weighted by atomic mass is 16.7. The molecule has 0 aromatic carbocycles. The van der Waals surface area contributed by atoms with Gasteiger partial charge in [0, 0.05) is 11.5 Å². The molecule has 3 aliphatic rings. The number of aliphatic hydroxyl groups is 3. The molecular weight excluding hydrogens is 282 g/mol. The van der Waals surface area contributed by atoms with Gasteiger partial charge < -0.3 is 29.5 Å². The van der Waals surface area contributed by atoms with Crippen molar-refractivity contribution in [3.8, 4) is 0 Å². The first-order valence-corrected chi connectivity index (χ1v) is 7.04. The monoisotopic (exact) mass is 301 g/mol. The van der Waals surface area contributed by atoms with E-state index in [1.54, 1.807) is 0 Å².